The summed E-state index contributed by atoms with van der Waals surface area (Å²) >= 11 is 0. The van der Waals surface area contributed by atoms with Crippen LogP contribution in [0.2, 0.25) is 0 Å². The monoisotopic (exact) mass is 387 g/mol. The summed E-state index contributed by atoms with van der Waals surface area (Å²) in [5.41, 5.74) is 1.73. The maximum absolute atomic E-state index is 12.1. The molecule has 150 valence electrons. The Morgan fingerprint density at radius 1 is 1.07 bits per heavy atom. The lowest BCUT2D eigenvalue weighted by Gasteiger charge is -2.08. The standard InChI is InChI=1S/C21H25NO6/c1-3-4-5-11-27-21(26)16-8-6-7-15(12-16)13-28-22-14(2)17-9-10-18(23)20(25)19(17)24/h6-10,12,23-25H,3-5,11,13H2,1-2H3/b22-14+. The van der Waals surface area contributed by atoms with Crippen LogP contribution < -0.4 is 0 Å². The van der Waals surface area contributed by atoms with Crippen molar-refractivity contribution in [3.8, 4) is 17.2 Å². The molecule has 3 N–H and O–H groups in total. The van der Waals surface area contributed by atoms with Gasteiger partial charge in [0.25, 0.3) is 0 Å². The fourth-order valence-electron chi connectivity index (χ4n) is 2.50. The van der Waals surface area contributed by atoms with Crippen LogP contribution in [0.15, 0.2) is 41.6 Å². The third-order valence-corrected chi connectivity index (χ3v) is 4.10. The summed E-state index contributed by atoms with van der Waals surface area (Å²) in [5, 5.41) is 32.7. The predicted molar refractivity (Wildman–Crippen MR) is 105 cm³/mol. The molecular formula is C21H25NO6. The SMILES string of the molecule is CCCCCOC(=O)c1cccc(CO/N=C(\C)c2ccc(O)c(O)c2O)c1. The fourth-order valence-corrected chi connectivity index (χ4v) is 2.50. The molecule has 0 amide bonds. The minimum atomic E-state index is -0.614. The van der Waals surface area contributed by atoms with Crippen molar-refractivity contribution < 1.29 is 29.7 Å². The number of hydrogen-bond donors (Lipinski definition) is 3. The minimum absolute atomic E-state index is 0.110. The first-order valence-corrected chi connectivity index (χ1v) is 9.11. The van der Waals surface area contributed by atoms with Gasteiger partial charge in [-0.25, -0.2) is 4.79 Å². The Labute approximate surface area is 163 Å². The van der Waals surface area contributed by atoms with E-state index in [1.165, 1.54) is 12.1 Å². The molecule has 0 aromatic heterocycles. The van der Waals surface area contributed by atoms with Gasteiger partial charge in [-0.2, -0.15) is 0 Å². The topological polar surface area (TPSA) is 109 Å². The molecule has 0 unspecified atom stereocenters. The third-order valence-electron chi connectivity index (χ3n) is 4.10. The van der Waals surface area contributed by atoms with Crippen molar-refractivity contribution in [2.24, 2.45) is 5.16 Å². The number of oxime groups is 1. The Hall–Kier alpha value is -3.22. The molecule has 0 bridgehead atoms. The summed E-state index contributed by atoms with van der Waals surface area (Å²) in [5.74, 6) is -1.88. The van der Waals surface area contributed by atoms with Crippen LogP contribution in [0.25, 0.3) is 0 Å². The highest BCUT2D eigenvalue weighted by Crippen LogP contribution is 2.37. The summed E-state index contributed by atoms with van der Waals surface area (Å²) < 4.78 is 5.24. The fraction of sp³-hybridized carbons (Fsp3) is 0.333. The number of phenols is 3. The van der Waals surface area contributed by atoms with E-state index in [2.05, 4.69) is 12.1 Å². The number of ether oxygens (including phenoxy) is 1. The molecule has 0 saturated heterocycles. The van der Waals surface area contributed by atoms with E-state index in [-0.39, 0.29) is 18.1 Å². The molecule has 2 aromatic rings. The highest BCUT2D eigenvalue weighted by atomic mass is 16.6. The molecule has 0 radical (unpaired) electrons. The second kappa shape index (κ2) is 10.2. The zero-order chi connectivity index (χ0) is 20.5. The van der Waals surface area contributed by atoms with Crippen molar-refractivity contribution in [1.29, 1.82) is 0 Å². The average Bonchev–Trinajstić information content (AvgIpc) is 2.69. The molecule has 0 heterocycles. The Bertz CT molecular complexity index is 847. The molecule has 7 nitrogen and oxygen atoms in total. The van der Waals surface area contributed by atoms with Crippen molar-refractivity contribution in [3.63, 3.8) is 0 Å². The van der Waals surface area contributed by atoms with Crippen molar-refractivity contribution in [1.82, 2.24) is 0 Å². The Balaban J connectivity index is 1.96. The van der Waals surface area contributed by atoms with Gasteiger partial charge in [0.05, 0.1) is 17.9 Å². The highest BCUT2D eigenvalue weighted by molar-refractivity contribution is 6.01. The van der Waals surface area contributed by atoms with Gasteiger partial charge >= 0.3 is 5.97 Å². The molecule has 7 heteroatoms. The second-order valence-electron chi connectivity index (χ2n) is 6.32. The van der Waals surface area contributed by atoms with Crippen LogP contribution in [0.4, 0.5) is 0 Å². The number of benzene rings is 2. The maximum atomic E-state index is 12.1. The number of unbranched alkanes of at least 4 members (excludes halogenated alkanes) is 2. The maximum Gasteiger partial charge on any atom is 0.338 e. The Kier molecular flexibility index (Phi) is 7.68. The van der Waals surface area contributed by atoms with Gasteiger partial charge in [-0.3, -0.25) is 0 Å². The first-order valence-electron chi connectivity index (χ1n) is 9.11. The minimum Gasteiger partial charge on any atom is -0.504 e. The average molecular weight is 387 g/mol. The molecule has 28 heavy (non-hydrogen) atoms. The predicted octanol–water partition coefficient (Wildman–Crippen LogP) is 4.09. The highest BCUT2D eigenvalue weighted by Gasteiger charge is 2.13. The normalized spacial score (nSPS) is 11.3. The number of hydrogen-bond acceptors (Lipinski definition) is 7. The number of carbonyl (C=O) groups excluding carboxylic acids is 1. The van der Waals surface area contributed by atoms with Crippen LogP contribution in [0.1, 0.15) is 54.6 Å². The van der Waals surface area contributed by atoms with Crippen LogP contribution in [-0.4, -0.2) is 33.6 Å². The van der Waals surface area contributed by atoms with Crippen LogP contribution in [0.5, 0.6) is 17.2 Å². The number of aromatic hydroxyl groups is 3. The zero-order valence-corrected chi connectivity index (χ0v) is 16.0. The van der Waals surface area contributed by atoms with Crippen molar-refractivity contribution >= 4 is 11.7 Å². The van der Waals surface area contributed by atoms with Crippen LogP contribution >= 0.6 is 0 Å². The molecule has 2 aromatic carbocycles. The number of esters is 1. The number of phenolic OH excluding ortho intramolecular Hbond substituents is 3. The van der Waals surface area contributed by atoms with Crippen molar-refractivity contribution in [2.75, 3.05) is 6.61 Å². The van der Waals surface area contributed by atoms with Crippen LogP contribution in [0, 0.1) is 0 Å². The molecule has 0 fully saturated rings. The summed E-state index contributed by atoms with van der Waals surface area (Å²) in [6.07, 6.45) is 2.93. The van der Waals surface area contributed by atoms with E-state index in [9.17, 15) is 20.1 Å². The van der Waals surface area contributed by atoms with Gasteiger partial charge in [-0.05, 0) is 43.2 Å². The lowest BCUT2D eigenvalue weighted by atomic mass is 10.1. The van der Waals surface area contributed by atoms with E-state index in [0.717, 1.165) is 24.8 Å². The van der Waals surface area contributed by atoms with Gasteiger partial charge in [-0.1, -0.05) is 37.1 Å². The largest absolute Gasteiger partial charge is 0.504 e. The van der Waals surface area contributed by atoms with Crippen LogP contribution in [0.3, 0.4) is 0 Å². The summed E-state index contributed by atoms with van der Waals surface area (Å²) in [7, 11) is 0. The quantitative estimate of drug-likeness (QED) is 0.197. The molecule has 0 spiro atoms. The van der Waals surface area contributed by atoms with Gasteiger partial charge in [0, 0.05) is 5.56 Å². The molecule has 0 saturated carbocycles. The van der Waals surface area contributed by atoms with E-state index in [0.29, 0.717) is 17.9 Å². The van der Waals surface area contributed by atoms with E-state index in [4.69, 9.17) is 9.57 Å². The molecule has 0 aliphatic heterocycles. The van der Waals surface area contributed by atoms with Crippen molar-refractivity contribution in [3.05, 3.63) is 53.1 Å². The van der Waals surface area contributed by atoms with E-state index >= 15 is 0 Å². The Morgan fingerprint density at radius 3 is 2.61 bits per heavy atom. The van der Waals surface area contributed by atoms with E-state index in [1.54, 1.807) is 31.2 Å². The summed E-state index contributed by atoms with van der Waals surface area (Å²) in [6, 6.07) is 9.55. The first kappa shape index (κ1) is 21.1. The lowest BCUT2D eigenvalue weighted by Crippen LogP contribution is -2.07. The van der Waals surface area contributed by atoms with Crippen LogP contribution in [-0.2, 0) is 16.2 Å². The smallest absolute Gasteiger partial charge is 0.338 e. The van der Waals surface area contributed by atoms with E-state index < -0.39 is 17.2 Å². The summed E-state index contributed by atoms with van der Waals surface area (Å²) in [4.78, 5) is 17.4. The van der Waals surface area contributed by atoms with Crippen molar-refractivity contribution in [2.45, 2.75) is 39.7 Å². The lowest BCUT2D eigenvalue weighted by molar-refractivity contribution is 0.0497. The van der Waals surface area contributed by atoms with Gasteiger partial charge in [0.2, 0.25) is 5.75 Å². The second-order valence-corrected chi connectivity index (χ2v) is 6.32. The molecule has 2 rings (SSSR count). The van der Waals surface area contributed by atoms with Gasteiger partial charge in [0.1, 0.15) is 6.61 Å². The molecule has 0 aliphatic carbocycles. The number of rotatable bonds is 9. The third kappa shape index (κ3) is 5.64. The summed E-state index contributed by atoms with van der Waals surface area (Å²) in [6.45, 7) is 4.19. The molecular weight excluding hydrogens is 362 g/mol. The number of carbonyl (C=O) groups is 1. The molecule has 0 atom stereocenters. The van der Waals surface area contributed by atoms with Gasteiger partial charge < -0.3 is 24.9 Å². The Morgan fingerprint density at radius 2 is 1.86 bits per heavy atom. The molecule has 0 aliphatic rings. The van der Waals surface area contributed by atoms with Gasteiger partial charge in [-0.15, -0.1) is 0 Å². The zero-order valence-electron chi connectivity index (χ0n) is 16.0. The first-order chi connectivity index (χ1) is 13.4. The van der Waals surface area contributed by atoms with Gasteiger partial charge in [0.15, 0.2) is 11.5 Å². The van der Waals surface area contributed by atoms with E-state index in [1.807, 2.05) is 0 Å². The number of nitrogens with zero attached hydrogens (tertiary/aromatic N) is 1.